The van der Waals surface area contributed by atoms with Crippen LogP contribution < -0.4 is 5.32 Å². The minimum absolute atomic E-state index is 0.0647. The van der Waals surface area contributed by atoms with E-state index in [1.165, 1.54) is 0 Å². The van der Waals surface area contributed by atoms with E-state index < -0.39 is 0 Å². The van der Waals surface area contributed by atoms with Crippen molar-refractivity contribution in [2.75, 3.05) is 18.5 Å². The fourth-order valence-corrected chi connectivity index (χ4v) is 3.37. The highest BCUT2D eigenvalue weighted by Gasteiger charge is 2.25. The lowest BCUT2D eigenvalue weighted by molar-refractivity contribution is -0.129. The van der Waals surface area contributed by atoms with Crippen molar-refractivity contribution in [3.63, 3.8) is 0 Å². The molecule has 0 bridgehead atoms. The standard InChI is InChI=1S/C17H22N6O3/c1-10-19-13-9-23(11(2)24)6-5-12(13)16(20-10)18-8-15-21-17(26-22-15)14-4-3-7-25-14/h14H,3-9H2,1-2H3,(H,18,19,20). The predicted molar refractivity (Wildman–Crippen MR) is 91.1 cm³/mol. The summed E-state index contributed by atoms with van der Waals surface area (Å²) >= 11 is 0. The molecule has 1 saturated heterocycles. The van der Waals surface area contributed by atoms with Crippen molar-refractivity contribution in [1.29, 1.82) is 0 Å². The molecule has 4 heterocycles. The zero-order valence-corrected chi connectivity index (χ0v) is 15.0. The van der Waals surface area contributed by atoms with Crippen LogP contribution in [-0.2, 0) is 29.0 Å². The van der Waals surface area contributed by atoms with Crippen LogP contribution in [0.2, 0.25) is 0 Å². The third kappa shape index (κ3) is 3.39. The molecule has 1 fully saturated rings. The van der Waals surface area contributed by atoms with Crippen molar-refractivity contribution in [2.45, 2.75) is 52.3 Å². The molecule has 0 spiro atoms. The van der Waals surface area contributed by atoms with Crippen LogP contribution in [0.5, 0.6) is 0 Å². The van der Waals surface area contributed by atoms with Crippen LogP contribution >= 0.6 is 0 Å². The van der Waals surface area contributed by atoms with Gasteiger partial charge in [0.15, 0.2) is 5.82 Å². The molecule has 9 nitrogen and oxygen atoms in total. The number of aromatic nitrogens is 4. The van der Waals surface area contributed by atoms with Crippen LogP contribution in [0.15, 0.2) is 4.52 Å². The van der Waals surface area contributed by atoms with Gasteiger partial charge in [-0.2, -0.15) is 4.98 Å². The van der Waals surface area contributed by atoms with Gasteiger partial charge in [-0.3, -0.25) is 4.79 Å². The van der Waals surface area contributed by atoms with Crippen molar-refractivity contribution in [2.24, 2.45) is 0 Å². The lowest BCUT2D eigenvalue weighted by atomic mass is 10.1. The Morgan fingerprint density at radius 3 is 3.00 bits per heavy atom. The van der Waals surface area contributed by atoms with Crippen molar-refractivity contribution in [3.05, 3.63) is 28.8 Å². The number of hydrogen-bond donors (Lipinski definition) is 1. The quantitative estimate of drug-likeness (QED) is 0.877. The molecule has 2 aliphatic rings. The largest absolute Gasteiger partial charge is 0.368 e. The van der Waals surface area contributed by atoms with Gasteiger partial charge < -0.3 is 19.5 Å². The summed E-state index contributed by atoms with van der Waals surface area (Å²) in [6.07, 6.45) is 2.58. The van der Waals surface area contributed by atoms with Gasteiger partial charge in [0.25, 0.3) is 5.89 Å². The number of ether oxygens (including phenoxy) is 1. The zero-order valence-electron chi connectivity index (χ0n) is 15.0. The number of anilines is 1. The van der Waals surface area contributed by atoms with Crippen LogP contribution in [0, 0.1) is 6.92 Å². The number of nitrogens with zero attached hydrogens (tertiary/aromatic N) is 5. The van der Waals surface area contributed by atoms with Crippen LogP contribution in [0.1, 0.15) is 54.7 Å². The van der Waals surface area contributed by atoms with E-state index in [0.29, 0.717) is 37.2 Å². The van der Waals surface area contributed by atoms with Crippen LogP contribution in [-0.4, -0.2) is 44.1 Å². The maximum Gasteiger partial charge on any atom is 0.255 e. The number of fused-ring (bicyclic) bond motifs is 1. The summed E-state index contributed by atoms with van der Waals surface area (Å²) < 4.78 is 10.9. The van der Waals surface area contributed by atoms with Gasteiger partial charge in [0.1, 0.15) is 17.7 Å². The summed E-state index contributed by atoms with van der Waals surface area (Å²) in [6, 6.07) is 0. The maximum atomic E-state index is 11.6. The predicted octanol–water partition coefficient (Wildman–Crippen LogP) is 1.54. The normalized spacial score (nSPS) is 19.5. The van der Waals surface area contributed by atoms with Gasteiger partial charge in [-0.25, -0.2) is 9.97 Å². The van der Waals surface area contributed by atoms with E-state index in [9.17, 15) is 4.79 Å². The van der Waals surface area contributed by atoms with E-state index in [4.69, 9.17) is 9.26 Å². The minimum atomic E-state index is -0.0807. The van der Waals surface area contributed by atoms with E-state index in [-0.39, 0.29) is 12.0 Å². The molecule has 1 atom stereocenters. The van der Waals surface area contributed by atoms with Crippen molar-refractivity contribution in [1.82, 2.24) is 25.0 Å². The van der Waals surface area contributed by atoms with Gasteiger partial charge in [0, 0.05) is 25.6 Å². The average Bonchev–Trinajstić information content (AvgIpc) is 3.30. The topological polar surface area (TPSA) is 106 Å². The highest BCUT2D eigenvalue weighted by atomic mass is 16.5. The molecule has 4 rings (SSSR count). The van der Waals surface area contributed by atoms with Crippen LogP contribution in [0.3, 0.4) is 0 Å². The van der Waals surface area contributed by atoms with E-state index in [2.05, 4.69) is 25.4 Å². The Balaban J connectivity index is 1.48. The SMILES string of the molecule is CC(=O)N1CCc2c(nc(C)nc2NCc2noc(C3CCCO3)n2)C1. The van der Waals surface area contributed by atoms with Gasteiger partial charge >= 0.3 is 0 Å². The lowest BCUT2D eigenvalue weighted by Crippen LogP contribution is -2.35. The van der Waals surface area contributed by atoms with E-state index in [1.54, 1.807) is 11.8 Å². The number of carbonyl (C=O) groups excluding carboxylic acids is 1. The molecule has 0 aliphatic carbocycles. The van der Waals surface area contributed by atoms with Crippen molar-refractivity contribution >= 4 is 11.7 Å². The van der Waals surface area contributed by atoms with Gasteiger partial charge in [-0.1, -0.05) is 5.16 Å². The lowest BCUT2D eigenvalue weighted by Gasteiger charge is -2.28. The summed E-state index contributed by atoms with van der Waals surface area (Å²) in [7, 11) is 0. The van der Waals surface area contributed by atoms with Crippen molar-refractivity contribution < 1.29 is 14.1 Å². The number of aryl methyl sites for hydroxylation is 1. The molecule has 1 N–H and O–H groups in total. The van der Waals surface area contributed by atoms with Crippen LogP contribution in [0.25, 0.3) is 0 Å². The third-order valence-corrected chi connectivity index (χ3v) is 4.73. The molecule has 1 unspecified atom stereocenters. The number of nitrogens with one attached hydrogen (secondary N) is 1. The van der Waals surface area contributed by atoms with Gasteiger partial charge in [0.2, 0.25) is 5.91 Å². The number of hydrogen-bond acceptors (Lipinski definition) is 8. The monoisotopic (exact) mass is 358 g/mol. The summed E-state index contributed by atoms with van der Waals surface area (Å²) in [6.45, 7) is 5.78. The Kier molecular flexibility index (Phi) is 4.54. The molecule has 2 aliphatic heterocycles. The summed E-state index contributed by atoms with van der Waals surface area (Å²) in [5, 5.41) is 7.32. The molecule has 0 saturated carbocycles. The molecular formula is C17H22N6O3. The van der Waals surface area contributed by atoms with Crippen LogP contribution in [0.4, 0.5) is 5.82 Å². The molecule has 2 aromatic rings. The van der Waals surface area contributed by atoms with Gasteiger partial charge in [0.05, 0.1) is 18.8 Å². The highest BCUT2D eigenvalue weighted by Crippen LogP contribution is 2.27. The molecule has 0 radical (unpaired) electrons. The van der Waals surface area contributed by atoms with Gasteiger partial charge in [-0.05, 0) is 26.2 Å². The first kappa shape index (κ1) is 16.9. The Hall–Kier alpha value is -2.55. The first-order chi connectivity index (χ1) is 12.6. The summed E-state index contributed by atoms with van der Waals surface area (Å²) in [4.78, 5) is 26.9. The molecule has 0 aromatic carbocycles. The highest BCUT2D eigenvalue weighted by molar-refractivity contribution is 5.73. The summed E-state index contributed by atoms with van der Waals surface area (Å²) in [5.41, 5.74) is 1.95. The molecule has 1 amide bonds. The molecule has 26 heavy (non-hydrogen) atoms. The molecular weight excluding hydrogens is 336 g/mol. The second-order valence-corrected chi connectivity index (χ2v) is 6.64. The number of carbonyl (C=O) groups is 1. The van der Waals surface area contributed by atoms with E-state index in [0.717, 1.165) is 42.9 Å². The number of amides is 1. The third-order valence-electron chi connectivity index (χ3n) is 4.73. The Bertz CT molecular complexity index is 815. The Labute approximate surface area is 151 Å². The zero-order chi connectivity index (χ0) is 18.1. The second kappa shape index (κ2) is 6.99. The fraction of sp³-hybridized carbons (Fsp3) is 0.588. The number of rotatable bonds is 4. The fourth-order valence-electron chi connectivity index (χ4n) is 3.37. The van der Waals surface area contributed by atoms with E-state index >= 15 is 0 Å². The Morgan fingerprint density at radius 2 is 2.23 bits per heavy atom. The first-order valence-corrected chi connectivity index (χ1v) is 8.90. The average molecular weight is 358 g/mol. The second-order valence-electron chi connectivity index (χ2n) is 6.64. The first-order valence-electron chi connectivity index (χ1n) is 8.90. The van der Waals surface area contributed by atoms with Crippen molar-refractivity contribution in [3.8, 4) is 0 Å². The Morgan fingerprint density at radius 1 is 1.35 bits per heavy atom. The van der Waals surface area contributed by atoms with E-state index in [1.807, 2.05) is 6.92 Å². The molecule has 9 heteroatoms. The van der Waals surface area contributed by atoms with Gasteiger partial charge in [-0.15, -0.1) is 0 Å². The minimum Gasteiger partial charge on any atom is -0.368 e. The summed E-state index contributed by atoms with van der Waals surface area (Å²) in [5.74, 6) is 2.62. The maximum absolute atomic E-state index is 11.6. The molecule has 138 valence electrons. The molecule has 2 aromatic heterocycles. The smallest absolute Gasteiger partial charge is 0.255 e.